The summed E-state index contributed by atoms with van der Waals surface area (Å²) in [6, 6.07) is 5.28. The third-order valence-electron chi connectivity index (χ3n) is 3.44. The summed E-state index contributed by atoms with van der Waals surface area (Å²) in [5, 5.41) is 7.90. The van der Waals surface area contributed by atoms with E-state index in [-0.39, 0.29) is 5.82 Å². The quantitative estimate of drug-likeness (QED) is 0.803. The lowest BCUT2D eigenvalue weighted by molar-refractivity contribution is 0.402. The molecule has 0 atom stereocenters. The zero-order chi connectivity index (χ0) is 15.0. The van der Waals surface area contributed by atoms with Crippen LogP contribution in [0.2, 0.25) is 0 Å². The molecule has 3 rings (SSSR count). The molecule has 1 aromatic carbocycles. The van der Waals surface area contributed by atoms with E-state index in [2.05, 4.69) is 20.1 Å². The van der Waals surface area contributed by atoms with Gasteiger partial charge in [0, 0.05) is 47.2 Å². The van der Waals surface area contributed by atoms with Gasteiger partial charge in [-0.25, -0.2) is 4.39 Å². The number of aromatic nitrogens is 3. The summed E-state index contributed by atoms with van der Waals surface area (Å²) < 4.78 is 14.3. The molecule has 0 bridgehead atoms. The standard InChI is InChI=1S/C16H17FN4/c1-10-13-5-14(15(17)6-16(13)20-19-10)12-4-11(7-18-8-12)9-21(2)3/h4-8H,9H2,1-3H3,(H,19,20). The lowest BCUT2D eigenvalue weighted by Gasteiger charge is -2.11. The van der Waals surface area contributed by atoms with Gasteiger partial charge in [0.1, 0.15) is 5.82 Å². The summed E-state index contributed by atoms with van der Waals surface area (Å²) in [4.78, 5) is 6.28. The van der Waals surface area contributed by atoms with Crippen LogP contribution in [-0.2, 0) is 6.54 Å². The molecule has 3 aromatic rings. The third-order valence-corrected chi connectivity index (χ3v) is 3.44. The van der Waals surface area contributed by atoms with Gasteiger partial charge in [0.2, 0.25) is 0 Å². The van der Waals surface area contributed by atoms with E-state index in [1.165, 1.54) is 6.07 Å². The van der Waals surface area contributed by atoms with Crippen LogP contribution in [0.3, 0.4) is 0 Å². The fourth-order valence-corrected chi connectivity index (χ4v) is 2.47. The molecule has 0 aliphatic carbocycles. The molecule has 4 nitrogen and oxygen atoms in total. The predicted octanol–water partition coefficient (Wildman–Crippen LogP) is 3.13. The van der Waals surface area contributed by atoms with Crippen molar-refractivity contribution in [3.8, 4) is 11.1 Å². The average molecular weight is 284 g/mol. The van der Waals surface area contributed by atoms with Gasteiger partial charge >= 0.3 is 0 Å². The highest BCUT2D eigenvalue weighted by molar-refractivity contribution is 5.86. The number of hydrogen-bond acceptors (Lipinski definition) is 3. The van der Waals surface area contributed by atoms with E-state index >= 15 is 0 Å². The third kappa shape index (κ3) is 2.64. The maximum absolute atomic E-state index is 14.3. The number of nitrogens with zero attached hydrogens (tertiary/aromatic N) is 3. The van der Waals surface area contributed by atoms with Crippen LogP contribution < -0.4 is 0 Å². The predicted molar refractivity (Wildman–Crippen MR) is 81.4 cm³/mol. The fourth-order valence-electron chi connectivity index (χ4n) is 2.47. The number of hydrogen-bond donors (Lipinski definition) is 1. The van der Waals surface area contributed by atoms with Crippen LogP contribution >= 0.6 is 0 Å². The Morgan fingerprint density at radius 2 is 2.00 bits per heavy atom. The maximum atomic E-state index is 14.3. The van der Waals surface area contributed by atoms with Gasteiger partial charge in [-0.2, -0.15) is 5.10 Å². The summed E-state index contributed by atoms with van der Waals surface area (Å²) in [5.41, 5.74) is 3.98. The van der Waals surface area contributed by atoms with Gasteiger partial charge in [0.05, 0.1) is 5.52 Å². The minimum atomic E-state index is -0.280. The molecule has 0 unspecified atom stereocenters. The summed E-state index contributed by atoms with van der Waals surface area (Å²) in [6.45, 7) is 2.70. The molecule has 0 radical (unpaired) electrons. The molecule has 0 aliphatic heterocycles. The molecule has 1 N–H and O–H groups in total. The van der Waals surface area contributed by atoms with Gasteiger partial charge in [-0.3, -0.25) is 10.1 Å². The summed E-state index contributed by atoms with van der Waals surface area (Å²) >= 11 is 0. The Morgan fingerprint density at radius 3 is 2.76 bits per heavy atom. The van der Waals surface area contributed by atoms with Crippen molar-refractivity contribution in [2.24, 2.45) is 0 Å². The zero-order valence-electron chi connectivity index (χ0n) is 12.3. The first kappa shape index (κ1) is 13.7. The molecule has 2 heterocycles. The van der Waals surface area contributed by atoms with Crippen molar-refractivity contribution in [1.82, 2.24) is 20.1 Å². The molecule has 21 heavy (non-hydrogen) atoms. The smallest absolute Gasteiger partial charge is 0.133 e. The van der Waals surface area contributed by atoms with Crippen molar-refractivity contribution in [2.75, 3.05) is 14.1 Å². The number of fused-ring (bicyclic) bond motifs is 1. The molecule has 2 aromatic heterocycles. The van der Waals surface area contributed by atoms with Gasteiger partial charge in [-0.1, -0.05) is 0 Å². The Hall–Kier alpha value is -2.27. The number of aromatic amines is 1. The number of aryl methyl sites for hydroxylation is 1. The van der Waals surface area contributed by atoms with Crippen molar-refractivity contribution in [2.45, 2.75) is 13.5 Å². The van der Waals surface area contributed by atoms with E-state index in [9.17, 15) is 4.39 Å². The van der Waals surface area contributed by atoms with Crippen LogP contribution in [0.4, 0.5) is 4.39 Å². The van der Waals surface area contributed by atoms with Crippen LogP contribution in [0.5, 0.6) is 0 Å². The van der Waals surface area contributed by atoms with E-state index in [0.29, 0.717) is 11.1 Å². The minimum Gasteiger partial charge on any atom is -0.305 e. The first-order valence-corrected chi connectivity index (χ1v) is 6.78. The minimum absolute atomic E-state index is 0.280. The van der Waals surface area contributed by atoms with Crippen LogP contribution in [0.15, 0.2) is 30.6 Å². The highest BCUT2D eigenvalue weighted by Gasteiger charge is 2.11. The normalized spacial score (nSPS) is 11.5. The molecule has 0 amide bonds. The molecule has 5 heteroatoms. The molecule has 0 saturated carbocycles. The molecule has 0 spiro atoms. The van der Waals surface area contributed by atoms with Crippen molar-refractivity contribution in [3.63, 3.8) is 0 Å². The topological polar surface area (TPSA) is 44.8 Å². The van der Waals surface area contributed by atoms with Gasteiger partial charge in [0.25, 0.3) is 0 Å². The van der Waals surface area contributed by atoms with Crippen molar-refractivity contribution in [3.05, 3.63) is 47.7 Å². The molecular weight excluding hydrogens is 267 g/mol. The first-order valence-electron chi connectivity index (χ1n) is 6.78. The van der Waals surface area contributed by atoms with Crippen molar-refractivity contribution in [1.29, 1.82) is 0 Å². The van der Waals surface area contributed by atoms with Crippen molar-refractivity contribution >= 4 is 10.9 Å². The maximum Gasteiger partial charge on any atom is 0.133 e. The molecule has 0 aliphatic rings. The molecule has 0 saturated heterocycles. The SMILES string of the molecule is Cc1[nH]nc2cc(F)c(-c3cncc(CN(C)C)c3)cc12. The number of pyridine rings is 1. The summed E-state index contributed by atoms with van der Waals surface area (Å²) in [5.74, 6) is -0.280. The average Bonchev–Trinajstić information content (AvgIpc) is 2.78. The van der Waals surface area contributed by atoms with Crippen LogP contribution in [0.25, 0.3) is 22.0 Å². The van der Waals surface area contributed by atoms with E-state index in [4.69, 9.17) is 0 Å². The Labute approximate surface area is 122 Å². The summed E-state index contributed by atoms with van der Waals surface area (Å²) in [7, 11) is 3.99. The lowest BCUT2D eigenvalue weighted by Crippen LogP contribution is -2.10. The molecule has 108 valence electrons. The second kappa shape index (κ2) is 5.26. The van der Waals surface area contributed by atoms with E-state index in [0.717, 1.165) is 28.8 Å². The fraction of sp³-hybridized carbons (Fsp3) is 0.250. The monoisotopic (exact) mass is 284 g/mol. The Balaban J connectivity index is 2.11. The van der Waals surface area contributed by atoms with Gasteiger partial charge in [-0.15, -0.1) is 0 Å². The number of halogens is 1. The summed E-state index contributed by atoms with van der Waals surface area (Å²) in [6.07, 6.45) is 3.50. The first-order chi connectivity index (χ1) is 10.0. The lowest BCUT2D eigenvalue weighted by atomic mass is 10.0. The van der Waals surface area contributed by atoms with E-state index in [1.807, 2.05) is 39.3 Å². The number of nitrogens with one attached hydrogen (secondary N) is 1. The number of benzene rings is 1. The highest BCUT2D eigenvalue weighted by Crippen LogP contribution is 2.28. The molecular formula is C16H17FN4. The number of H-pyrrole nitrogens is 1. The zero-order valence-corrected chi connectivity index (χ0v) is 12.3. The van der Waals surface area contributed by atoms with Gasteiger partial charge in [0.15, 0.2) is 0 Å². The van der Waals surface area contributed by atoms with Crippen LogP contribution in [0, 0.1) is 12.7 Å². The van der Waals surface area contributed by atoms with Gasteiger partial charge in [-0.05, 0) is 38.7 Å². The van der Waals surface area contributed by atoms with Gasteiger partial charge < -0.3 is 4.90 Å². The second-order valence-electron chi connectivity index (χ2n) is 5.52. The van der Waals surface area contributed by atoms with E-state index in [1.54, 1.807) is 6.20 Å². The van der Waals surface area contributed by atoms with Crippen LogP contribution in [-0.4, -0.2) is 34.2 Å². The van der Waals surface area contributed by atoms with Crippen molar-refractivity contribution < 1.29 is 4.39 Å². The molecule has 0 fully saturated rings. The highest BCUT2D eigenvalue weighted by atomic mass is 19.1. The van der Waals surface area contributed by atoms with Crippen LogP contribution in [0.1, 0.15) is 11.3 Å². The second-order valence-corrected chi connectivity index (χ2v) is 5.52. The van der Waals surface area contributed by atoms with E-state index < -0.39 is 0 Å². The largest absolute Gasteiger partial charge is 0.305 e. The Kier molecular flexibility index (Phi) is 3.43. The number of rotatable bonds is 3. The Morgan fingerprint density at radius 1 is 1.19 bits per heavy atom. The Bertz CT molecular complexity index is 792.